The van der Waals surface area contributed by atoms with E-state index >= 15 is 0 Å². The van der Waals surface area contributed by atoms with Crippen molar-refractivity contribution in [2.24, 2.45) is 0 Å². The van der Waals surface area contributed by atoms with E-state index in [-0.39, 0.29) is 11.7 Å². The Morgan fingerprint density at radius 2 is 2.03 bits per heavy atom. The highest BCUT2D eigenvalue weighted by atomic mass is 19.1. The first-order valence-electron chi connectivity index (χ1n) is 10.9. The van der Waals surface area contributed by atoms with Crippen LogP contribution in [-0.2, 0) is 4.79 Å². The van der Waals surface area contributed by atoms with Gasteiger partial charge >= 0.3 is 0 Å². The molecule has 0 aliphatic carbocycles. The van der Waals surface area contributed by atoms with Gasteiger partial charge in [0.25, 0.3) is 0 Å². The van der Waals surface area contributed by atoms with Gasteiger partial charge in [0, 0.05) is 42.6 Å². The fourth-order valence-corrected chi connectivity index (χ4v) is 4.78. The smallest absolute Gasteiger partial charge is 0.248 e. The number of amides is 1. The molecule has 2 heterocycles. The van der Waals surface area contributed by atoms with Gasteiger partial charge in [0.15, 0.2) is 0 Å². The Morgan fingerprint density at radius 1 is 1.17 bits per heavy atom. The average molecular weight is 408 g/mol. The number of hydrogen-bond acceptors (Lipinski definition) is 3. The van der Waals surface area contributed by atoms with Crippen LogP contribution >= 0.6 is 0 Å². The van der Waals surface area contributed by atoms with Crippen LogP contribution in [-0.4, -0.2) is 42.5 Å². The molecule has 158 valence electrons. The van der Waals surface area contributed by atoms with E-state index in [1.165, 1.54) is 49.7 Å². The van der Waals surface area contributed by atoms with E-state index in [0.717, 1.165) is 24.3 Å². The molecule has 2 aromatic rings. The number of benzene rings is 2. The minimum atomic E-state index is -0.313. The highest BCUT2D eigenvalue weighted by Crippen LogP contribution is 2.31. The predicted molar refractivity (Wildman–Crippen MR) is 121 cm³/mol. The Bertz CT molecular complexity index is 942. The van der Waals surface area contributed by atoms with Crippen molar-refractivity contribution in [3.8, 4) is 0 Å². The summed E-state index contributed by atoms with van der Waals surface area (Å²) in [4.78, 5) is 17.4. The molecule has 1 N–H and O–H groups in total. The van der Waals surface area contributed by atoms with Crippen molar-refractivity contribution in [3.05, 3.63) is 65.5 Å². The molecule has 0 saturated carbocycles. The number of nitrogens with one attached hydrogen (secondary N) is 1. The highest BCUT2D eigenvalue weighted by molar-refractivity contribution is 6.02. The lowest BCUT2D eigenvalue weighted by atomic mass is 10.1. The van der Waals surface area contributed by atoms with Gasteiger partial charge in [-0.15, -0.1) is 0 Å². The monoisotopic (exact) mass is 407 g/mol. The molecule has 0 bridgehead atoms. The van der Waals surface area contributed by atoms with Gasteiger partial charge < -0.3 is 10.2 Å². The molecule has 4 nitrogen and oxygen atoms in total. The zero-order chi connectivity index (χ0) is 21.1. The summed E-state index contributed by atoms with van der Waals surface area (Å²) in [5.41, 5.74) is 3.84. The number of halogens is 1. The first-order valence-corrected chi connectivity index (χ1v) is 10.9. The zero-order valence-electron chi connectivity index (χ0n) is 17.8. The van der Waals surface area contributed by atoms with Crippen LogP contribution < -0.4 is 10.2 Å². The molecule has 2 fully saturated rings. The Kier molecular flexibility index (Phi) is 6.18. The van der Waals surface area contributed by atoms with Crippen molar-refractivity contribution in [3.63, 3.8) is 0 Å². The number of aryl methyl sites for hydroxylation is 1. The van der Waals surface area contributed by atoms with Gasteiger partial charge in [-0.3, -0.25) is 9.69 Å². The Labute approximate surface area is 178 Å². The maximum atomic E-state index is 13.2. The molecule has 2 aromatic carbocycles. The molecule has 4 rings (SSSR count). The van der Waals surface area contributed by atoms with Crippen LogP contribution in [0.25, 0.3) is 6.08 Å². The van der Waals surface area contributed by atoms with Crippen molar-refractivity contribution in [1.82, 2.24) is 4.90 Å². The van der Waals surface area contributed by atoms with E-state index in [1.807, 2.05) is 12.1 Å². The van der Waals surface area contributed by atoms with E-state index in [1.54, 1.807) is 18.2 Å². The second kappa shape index (κ2) is 9.00. The minimum Gasteiger partial charge on any atom is -0.370 e. The normalized spacial score (nSPS) is 22.2. The first kappa shape index (κ1) is 20.6. The molecule has 5 heteroatoms. The van der Waals surface area contributed by atoms with Gasteiger partial charge in [-0.2, -0.15) is 0 Å². The van der Waals surface area contributed by atoms with Crippen molar-refractivity contribution in [2.75, 3.05) is 29.9 Å². The Hall–Kier alpha value is -2.66. The molecule has 30 heavy (non-hydrogen) atoms. The molecule has 2 saturated heterocycles. The van der Waals surface area contributed by atoms with E-state index < -0.39 is 0 Å². The number of anilines is 2. The fourth-order valence-electron chi connectivity index (χ4n) is 4.78. The first-order chi connectivity index (χ1) is 14.5. The van der Waals surface area contributed by atoms with Crippen molar-refractivity contribution in [2.45, 2.75) is 45.2 Å². The number of carbonyl (C=O) groups excluding carboxylic acids is 1. The topological polar surface area (TPSA) is 35.6 Å². The summed E-state index contributed by atoms with van der Waals surface area (Å²) in [6.45, 7) is 7.83. The largest absolute Gasteiger partial charge is 0.370 e. The summed E-state index contributed by atoms with van der Waals surface area (Å²) in [7, 11) is 0. The second-order valence-electron chi connectivity index (χ2n) is 8.50. The van der Waals surface area contributed by atoms with Crippen LogP contribution in [0.3, 0.4) is 0 Å². The standard InChI is InChI=1S/C25H30FN3O/c1-18-15-22(27-25(30)11-8-20-6-3-7-21(26)16-20)9-10-24(18)28-14-12-23(17-28)29-13-4-5-19(29)2/h3,6-11,15-16,19,23H,4-5,12-14,17H2,1-2H3,(H,27,30). The number of rotatable bonds is 5. The summed E-state index contributed by atoms with van der Waals surface area (Å²) < 4.78 is 13.2. The molecule has 2 atom stereocenters. The molecule has 2 aliphatic heterocycles. The van der Waals surface area contributed by atoms with Gasteiger partial charge in [0.2, 0.25) is 5.91 Å². The van der Waals surface area contributed by atoms with Crippen molar-refractivity contribution < 1.29 is 9.18 Å². The average Bonchev–Trinajstić information content (AvgIpc) is 3.35. The molecule has 0 radical (unpaired) electrons. The van der Waals surface area contributed by atoms with Gasteiger partial charge in [-0.05, 0) is 87.2 Å². The molecule has 0 aromatic heterocycles. The van der Waals surface area contributed by atoms with E-state index in [4.69, 9.17) is 0 Å². The number of likely N-dealkylation sites (tertiary alicyclic amines) is 1. The SMILES string of the molecule is Cc1cc(NC(=O)C=Cc2cccc(F)c2)ccc1N1CCC(N2CCCC2C)C1. The highest BCUT2D eigenvalue weighted by Gasteiger charge is 2.33. The van der Waals surface area contributed by atoms with Crippen molar-refractivity contribution in [1.29, 1.82) is 0 Å². The van der Waals surface area contributed by atoms with Crippen molar-refractivity contribution >= 4 is 23.4 Å². The lowest BCUT2D eigenvalue weighted by Crippen LogP contribution is -2.39. The van der Waals surface area contributed by atoms with Gasteiger partial charge in [-0.1, -0.05) is 12.1 Å². The van der Waals surface area contributed by atoms with Gasteiger partial charge in [0.05, 0.1) is 0 Å². The molecule has 1 amide bonds. The van der Waals surface area contributed by atoms with E-state index in [9.17, 15) is 9.18 Å². The Balaban J connectivity index is 1.37. The number of hydrogen-bond donors (Lipinski definition) is 1. The number of carbonyl (C=O) groups is 1. The number of nitrogens with zero attached hydrogens (tertiary/aromatic N) is 2. The summed E-state index contributed by atoms with van der Waals surface area (Å²) in [5, 5.41) is 2.90. The molecule has 2 aliphatic rings. The van der Waals surface area contributed by atoms with Gasteiger partial charge in [-0.25, -0.2) is 4.39 Å². The van der Waals surface area contributed by atoms with Crippen LogP contribution in [0.2, 0.25) is 0 Å². The van der Waals surface area contributed by atoms with E-state index in [2.05, 4.69) is 35.0 Å². The Morgan fingerprint density at radius 3 is 2.77 bits per heavy atom. The van der Waals surface area contributed by atoms with Crippen LogP contribution in [0.15, 0.2) is 48.5 Å². The lowest BCUT2D eigenvalue weighted by molar-refractivity contribution is -0.111. The van der Waals surface area contributed by atoms with Crippen LogP contribution in [0.1, 0.15) is 37.3 Å². The molecule has 2 unspecified atom stereocenters. The summed E-state index contributed by atoms with van der Waals surface area (Å²) in [6, 6.07) is 13.6. The zero-order valence-corrected chi connectivity index (χ0v) is 17.8. The third-order valence-corrected chi connectivity index (χ3v) is 6.32. The molecular formula is C25H30FN3O. The quantitative estimate of drug-likeness (QED) is 0.720. The second-order valence-corrected chi connectivity index (χ2v) is 8.50. The lowest BCUT2D eigenvalue weighted by Gasteiger charge is -2.29. The van der Waals surface area contributed by atoms with Crippen LogP contribution in [0, 0.1) is 12.7 Å². The summed E-state index contributed by atoms with van der Waals surface area (Å²) >= 11 is 0. The maximum Gasteiger partial charge on any atom is 0.248 e. The molecule has 0 spiro atoms. The third kappa shape index (κ3) is 4.73. The van der Waals surface area contributed by atoms with Crippen LogP contribution in [0.4, 0.5) is 15.8 Å². The van der Waals surface area contributed by atoms with Gasteiger partial charge in [0.1, 0.15) is 5.82 Å². The minimum absolute atomic E-state index is 0.226. The predicted octanol–water partition coefficient (Wildman–Crippen LogP) is 4.85. The summed E-state index contributed by atoms with van der Waals surface area (Å²) in [5.74, 6) is -0.539. The maximum absolute atomic E-state index is 13.2. The van der Waals surface area contributed by atoms with Crippen LogP contribution in [0.5, 0.6) is 0 Å². The van der Waals surface area contributed by atoms with E-state index in [0.29, 0.717) is 17.6 Å². The fraction of sp³-hybridized carbons (Fsp3) is 0.400. The third-order valence-electron chi connectivity index (χ3n) is 6.32. The summed E-state index contributed by atoms with van der Waals surface area (Å²) in [6.07, 6.45) is 6.90. The molecular weight excluding hydrogens is 377 g/mol.